The van der Waals surface area contributed by atoms with E-state index in [0.717, 1.165) is 18.9 Å². The van der Waals surface area contributed by atoms with Crippen LogP contribution in [0.1, 0.15) is 58.2 Å². The van der Waals surface area contributed by atoms with Crippen LogP contribution in [0.4, 0.5) is 0 Å². The lowest BCUT2D eigenvalue weighted by Gasteiger charge is -2.29. The van der Waals surface area contributed by atoms with Crippen LogP contribution in [0.25, 0.3) is 0 Å². The first-order valence-corrected chi connectivity index (χ1v) is 8.70. The van der Waals surface area contributed by atoms with Crippen molar-refractivity contribution in [3.05, 3.63) is 18.0 Å². The van der Waals surface area contributed by atoms with Crippen LogP contribution < -0.4 is 5.32 Å². The summed E-state index contributed by atoms with van der Waals surface area (Å²) in [6.07, 6.45) is 7.13. The van der Waals surface area contributed by atoms with Gasteiger partial charge in [-0.3, -0.25) is 9.58 Å². The van der Waals surface area contributed by atoms with Crippen molar-refractivity contribution in [2.75, 3.05) is 26.2 Å². The third-order valence-corrected chi connectivity index (χ3v) is 4.61. The van der Waals surface area contributed by atoms with Gasteiger partial charge in [0.1, 0.15) is 0 Å². The summed E-state index contributed by atoms with van der Waals surface area (Å²) in [6, 6.07) is 2.69. The third kappa shape index (κ3) is 5.11. The molecule has 21 heavy (non-hydrogen) atoms. The van der Waals surface area contributed by atoms with Crippen LogP contribution in [0.15, 0.2) is 12.3 Å². The first kappa shape index (κ1) is 16.5. The summed E-state index contributed by atoms with van der Waals surface area (Å²) in [7, 11) is 0. The maximum atomic E-state index is 4.76. The van der Waals surface area contributed by atoms with Gasteiger partial charge in [0.05, 0.1) is 5.69 Å². The van der Waals surface area contributed by atoms with Crippen molar-refractivity contribution >= 4 is 0 Å². The molecular formula is C17H32N4. The van der Waals surface area contributed by atoms with Gasteiger partial charge in [-0.1, -0.05) is 13.8 Å². The fourth-order valence-corrected chi connectivity index (χ4v) is 3.10. The Balaban J connectivity index is 1.90. The fraction of sp³-hybridized carbons (Fsp3) is 0.824. The van der Waals surface area contributed by atoms with Crippen molar-refractivity contribution in [3.8, 4) is 0 Å². The van der Waals surface area contributed by atoms with Crippen molar-refractivity contribution in [2.45, 2.75) is 59.0 Å². The Morgan fingerprint density at radius 1 is 1.38 bits per heavy atom. The maximum Gasteiger partial charge on any atom is 0.0764 e. The van der Waals surface area contributed by atoms with Crippen molar-refractivity contribution in [2.24, 2.45) is 5.92 Å². The minimum atomic E-state index is 0.503. The highest BCUT2D eigenvalue weighted by atomic mass is 15.3. The lowest BCUT2D eigenvalue weighted by Crippen LogP contribution is -2.36. The topological polar surface area (TPSA) is 33.1 Å². The second-order valence-electron chi connectivity index (χ2n) is 6.47. The minimum absolute atomic E-state index is 0.503. The van der Waals surface area contributed by atoms with Gasteiger partial charge in [-0.15, -0.1) is 0 Å². The van der Waals surface area contributed by atoms with E-state index in [1.54, 1.807) is 0 Å². The molecule has 120 valence electrons. The quantitative estimate of drug-likeness (QED) is 0.799. The van der Waals surface area contributed by atoms with Crippen LogP contribution in [-0.2, 0) is 6.54 Å². The van der Waals surface area contributed by atoms with Crippen LogP contribution in [0.5, 0.6) is 0 Å². The SMILES string of the molecule is CCCN(Cc1ccn(C(C)CC)n1)CC1CCNCC1. The van der Waals surface area contributed by atoms with Gasteiger partial charge in [-0.05, 0) is 64.2 Å². The molecule has 1 fully saturated rings. The fourth-order valence-electron chi connectivity index (χ4n) is 3.10. The monoisotopic (exact) mass is 292 g/mol. The highest BCUT2D eigenvalue weighted by Crippen LogP contribution is 2.16. The lowest BCUT2D eigenvalue weighted by atomic mass is 9.97. The van der Waals surface area contributed by atoms with Gasteiger partial charge < -0.3 is 5.32 Å². The molecule has 0 amide bonds. The number of aromatic nitrogens is 2. The molecule has 1 unspecified atom stereocenters. The van der Waals surface area contributed by atoms with Crippen molar-refractivity contribution < 1.29 is 0 Å². The summed E-state index contributed by atoms with van der Waals surface area (Å²) in [5.41, 5.74) is 1.22. The van der Waals surface area contributed by atoms with E-state index < -0.39 is 0 Å². The Morgan fingerprint density at radius 3 is 2.81 bits per heavy atom. The highest BCUT2D eigenvalue weighted by molar-refractivity contribution is 4.99. The van der Waals surface area contributed by atoms with Gasteiger partial charge in [0, 0.05) is 25.3 Å². The smallest absolute Gasteiger partial charge is 0.0764 e. The number of nitrogens with one attached hydrogen (secondary N) is 1. The number of piperidine rings is 1. The van der Waals surface area contributed by atoms with Crippen LogP contribution in [0.3, 0.4) is 0 Å². The molecular weight excluding hydrogens is 260 g/mol. The zero-order valence-electron chi connectivity index (χ0n) is 14.0. The molecule has 1 saturated heterocycles. The first-order valence-electron chi connectivity index (χ1n) is 8.70. The highest BCUT2D eigenvalue weighted by Gasteiger charge is 2.17. The standard InChI is InChI=1S/C17H32N4/c1-4-11-20(13-16-6-9-18-10-7-16)14-17-8-12-21(19-17)15(3)5-2/h8,12,15-16,18H,4-7,9-11,13-14H2,1-3H3. The molecule has 0 spiro atoms. The summed E-state index contributed by atoms with van der Waals surface area (Å²) in [6.45, 7) is 12.5. The lowest BCUT2D eigenvalue weighted by molar-refractivity contribution is 0.196. The van der Waals surface area contributed by atoms with E-state index in [-0.39, 0.29) is 0 Å². The summed E-state index contributed by atoms with van der Waals surface area (Å²) in [5, 5.41) is 8.22. The normalized spacial score (nSPS) is 18.3. The van der Waals surface area contributed by atoms with Gasteiger partial charge in [0.25, 0.3) is 0 Å². The summed E-state index contributed by atoms with van der Waals surface area (Å²) in [5.74, 6) is 0.856. The van der Waals surface area contributed by atoms with Crippen molar-refractivity contribution in [1.82, 2.24) is 20.0 Å². The zero-order chi connectivity index (χ0) is 15.1. The molecule has 1 aliphatic rings. The molecule has 0 bridgehead atoms. The summed E-state index contributed by atoms with van der Waals surface area (Å²) >= 11 is 0. The predicted molar refractivity (Wildman–Crippen MR) is 88.4 cm³/mol. The molecule has 0 aromatic carbocycles. The molecule has 1 aromatic heterocycles. The second kappa shape index (κ2) is 8.54. The molecule has 2 heterocycles. The molecule has 4 heteroatoms. The maximum absolute atomic E-state index is 4.76. The van der Waals surface area contributed by atoms with E-state index in [2.05, 4.69) is 47.9 Å². The van der Waals surface area contributed by atoms with E-state index in [1.165, 1.54) is 51.1 Å². The van der Waals surface area contributed by atoms with Crippen LogP contribution >= 0.6 is 0 Å². The van der Waals surface area contributed by atoms with Gasteiger partial charge in [-0.25, -0.2) is 0 Å². The molecule has 0 aliphatic carbocycles. The van der Waals surface area contributed by atoms with Crippen LogP contribution in [-0.4, -0.2) is 40.9 Å². The molecule has 1 atom stereocenters. The predicted octanol–water partition coefficient (Wildman–Crippen LogP) is 3.07. The zero-order valence-corrected chi connectivity index (χ0v) is 14.0. The van der Waals surface area contributed by atoms with E-state index in [0.29, 0.717) is 6.04 Å². The Kier molecular flexibility index (Phi) is 6.71. The minimum Gasteiger partial charge on any atom is -0.317 e. The number of hydrogen-bond acceptors (Lipinski definition) is 3. The van der Waals surface area contributed by atoms with E-state index >= 15 is 0 Å². The Labute approximate surface area is 129 Å². The Hall–Kier alpha value is -0.870. The van der Waals surface area contributed by atoms with Gasteiger partial charge >= 0.3 is 0 Å². The van der Waals surface area contributed by atoms with Crippen molar-refractivity contribution in [1.29, 1.82) is 0 Å². The van der Waals surface area contributed by atoms with Gasteiger partial charge in [0.15, 0.2) is 0 Å². The third-order valence-electron chi connectivity index (χ3n) is 4.61. The molecule has 1 aliphatic heterocycles. The number of rotatable bonds is 8. The van der Waals surface area contributed by atoms with E-state index in [4.69, 9.17) is 5.10 Å². The molecule has 1 aromatic rings. The van der Waals surface area contributed by atoms with Gasteiger partial charge in [0.2, 0.25) is 0 Å². The van der Waals surface area contributed by atoms with E-state index in [9.17, 15) is 0 Å². The van der Waals surface area contributed by atoms with E-state index in [1.807, 2.05) is 0 Å². The number of nitrogens with zero attached hydrogens (tertiary/aromatic N) is 3. The molecule has 2 rings (SSSR count). The average molecular weight is 292 g/mol. The average Bonchev–Trinajstić information content (AvgIpc) is 2.96. The molecule has 4 nitrogen and oxygen atoms in total. The van der Waals surface area contributed by atoms with Crippen LogP contribution in [0.2, 0.25) is 0 Å². The van der Waals surface area contributed by atoms with Gasteiger partial charge in [-0.2, -0.15) is 5.10 Å². The van der Waals surface area contributed by atoms with Crippen molar-refractivity contribution in [3.63, 3.8) is 0 Å². The first-order chi connectivity index (χ1) is 10.2. The molecule has 0 saturated carbocycles. The molecule has 1 N–H and O–H groups in total. The second-order valence-corrected chi connectivity index (χ2v) is 6.47. The largest absolute Gasteiger partial charge is 0.317 e. The Morgan fingerprint density at radius 2 is 2.14 bits per heavy atom. The summed E-state index contributed by atoms with van der Waals surface area (Å²) < 4.78 is 2.12. The van der Waals surface area contributed by atoms with Crippen LogP contribution in [0, 0.1) is 5.92 Å². The molecule has 0 radical (unpaired) electrons. The number of hydrogen-bond donors (Lipinski definition) is 1. The Bertz CT molecular complexity index is 395. The summed E-state index contributed by atoms with van der Waals surface area (Å²) in [4.78, 5) is 2.60.